The Kier molecular flexibility index (Phi) is 5.21. The highest BCUT2D eigenvalue weighted by molar-refractivity contribution is 6.73. The third kappa shape index (κ3) is 5.37. The van der Waals surface area contributed by atoms with Crippen molar-refractivity contribution in [1.29, 1.82) is 0 Å². The highest BCUT2D eigenvalue weighted by atomic mass is 28.4. The van der Waals surface area contributed by atoms with Crippen LogP contribution in [-0.2, 0) is 4.43 Å². The average Bonchev–Trinajstić information content (AvgIpc) is 2.27. The molecule has 1 radical (unpaired) electrons. The van der Waals surface area contributed by atoms with E-state index >= 15 is 0 Å². The van der Waals surface area contributed by atoms with Crippen molar-refractivity contribution in [2.24, 2.45) is 0 Å². The Labute approximate surface area is 108 Å². The van der Waals surface area contributed by atoms with E-state index in [1.165, 1.54) is 12.1 Å². The molecule has 0 atom stereocenters. The summed E-state index contributed by atoms with van der Waals surface area (Å²) in [6, 6.07) is 12.8. The van der Waals surface area contributed by atoms with Gasteiger partial charge in [-0.25, -0.2) is 0 Å². The monoisotopic (exact) mass is 263 g/mol. The van der Waals surface area contributed by atoms with Gasteiger partial charge in [0, 0.05) is 14.4 Å². The second kappa shape index (κ2) is 6.21. The molecule has 3 heteroatoms. The standard InChI is InChI=1S/C14H23OSi2/c1-13(14-9-7-6-8-10-14)15-17(4,5)12-11-16(2)3/h6-10H,1,11-12H2,2-5H3. The lowest BCUT2D eigenvalue weighted by Crippen LogP contribution is -2.30. The summed E-state index contributed by atoms with van der Waals surface area (Å²) in [4.78, 5) is 0. The van der Waals surface area contributed by atoms with Gasteiger partial charge in [0.15, 0.2) is 0 Å². The van der Waals surface area contributed by atoms with Crippen molar-refractivity contribution in [3.8, 4) is 0 Å². The minimum absolute atomic E-state index is 0.142. The van der Waals surface area contributed by atoms with Crippen LogP contribution in [0.2, 0.25) is 38.3 Å². The zero-order valence-corrected chi connectivity index (χ0v) is 13.4. The second-order valence-corrected chi connectivity index (χ2v) is 12.5. The van der Waals surface area contributed by atoms with Crippen molar-refractivity contribution >= 4 is 22.9 Å². The first-order chi connectivity index (χ1) is 7.91. The third-order valence-corrected chi connectivity index (χ3v) is 6.73. The topological polar surface area (TPSA) is 9.23 Å². The molecule has 1 nitrogen and oxygen atoms in total. The summed E-state index contributed by atoms with van der Waals surface area (Å²) in [5.41, 5.74) is 1.10. The summed E-state index contributed by atoms with van der Waals surface area (Å²) in [5, 5.41) is 0. The molecule has 1 rings (SSSR count). The summed E-state index contributed by atoms with van der Waals surface area (Å²) >= 11 is 0. The van der Waals surface area contributed by atoms with Crippen molar-refractivity contribution in [2.45, 2.75) is 38.3 Å². The molecule has 0 saturated heterocycles. The van der Waals surface area contributed by atoms with E-state index in [0.717, 1.165) is 11.3 Å². The summed E-state index contributed by atoms with van der Waals surface area (Å²) in [6.45, 7) is 13.3. The van der Waals surface area contributed by atoms with Crippen LogP contribution >= 0.6 is 0 Å². The third-order valence-electron chi connectivity index (χ3n) is 2.72. The quantitative estimate of drug-likeness (QED) is 0.537. The van der Waals surface area contributed by atoms with Gasteiger partial charge in [0.1, 0.15) is 5.76 Å². The van der Waals surface area contributed by atoms with Crippen LogP contribution in [0.1, 0.15) is 5.56 Å². The van der Waals surface area contributed by atoms with Crippen LogP contribution in [-0.4, -0.2) is 17.1 Å². The Morgan fingerprint density at radius 3 is 2.35 bits per heavy atom. The Hall–Kier alpha value is -0.806. The van der Waals surface area contributed by atoms with Crippen LogP contribution in [0.5, 0.6) is 0 Å². The van der Waals surface area contributed by atoms with E-state index in [1.807, 2.05) is 18.2 Å². The number of hydrogen-bond acceptors (Lipinski definition) is 1. The summed E-state index contributed by atoms with van der Waals surface area (Å²) in [6.07, 6.45) is 0. The predicted octanol–water partition coefficient (Wildman–Crippen LogP) is 4.63. The fourth-order valence-electron chi connectivity index (χ4n) is 1.62. The number of rotatable bonds is 6. The summed E-state index contributed by atoms with van der Waals surface area (Å²) < 4.78 is 6.14. The number of benzene rings is 1. The van der Waals surface area contributed by atoms with Crippen molar-refractivity contribution in [2.75, 3.05) is 0 Å². The molecule has 17 heavy (non-hydrogen) atoms. The Bertz CT molecular complexity index is 358. The molecule has 0 N–H and O–H groups in total. The van der Waals surface area contributed by atoms with Crippen LogP contribution in [0.3, 0.4) is 0 Å². The first-order valence-corrected chi connectivity index (χ1v) is 12.0. The highest BCUT2D eigenvalue weighted by Crippen LogP contribution is 2.23. The van der Waals surface area contributed by atoms with Crippen molar-refractivity contribution in [1.82, 2.24) is 0 Å². The molecule has 93 valence electrons. The summed E-state index contributed by atoms with van der Waals surface area (Å²) in [5.74, 6) is 0.836. The lowest BCUT2D eigenvalue weighted by molar-refractivity contribution is 0.508. The first-order valence-electron chi connectivity index (χ1n) is 6.13. The Balaban J connectivity index is 2.56. The SMILES string of the molecule is C=C(O[Si](C)(C)CC[Si](C)C)c1ccccc1. The van der Waals surface area contributed by atoms with Gasteiger partial charge in [-0.15, -0.1) is 0 Å². The predicted molar refractivity (Wildman–Crippen MR) is 81.1 cm³/mol. The largest absolute Gasteiger partial charge is 0.544 e. The Morgan fingerprint density at radius 1 is 1.24 bits per heavy atom. The van der Waals surface area contributed by atoms with Gasteiger partial charge in [0.25, 0.3) is 0 Å². The maximum absolute atomic E-state index is 6.14. The van der Waals surface area contributed by atoms with Crippen LogP contribution in [0.4, 0.5) is 0 Å². The minimum atomic E-state index is -1.59. The van der Waals surface area contributed by atoms with E-state index in [0.29, 0.717) is 0 Å². The first kappa shape index (κ1) is 14.3. The van der Waals surface area contributed by atoms with E-state index in [9.17, 15) is 0 Å². The molecule has 0 saturated carbocycles. The molecule has 0 aromatic heterocycles. The van der Waals surface area contributed by atoms with Gasteiger partial charge in [0.2, 0.25) is 8.32 Å². The smallest absolute Gasteiger partial charge is 0.244 e. The highest BCUT2D eigenvalue weighted by Gasteiger charge is 2.25. The van der Waals surface area contributed by atoms with Gasteiger partial charge in [-0.2, -0.15) is 0 Å². The van der Waals surface area contributed by atoms with Crippen molar-refractivity contribution < 1.29 is 4.43 Å². The van der Waals surface area contributed by atoms with E-state index in [1.54, 1.807) is 0 Å². The lowest BCUT2D eigenvalue weighted by Gasteiger charge is -2.26. The van der Waals surface area contributed by atoms with Gasteiger partial charge in [-0.05, 0) is 19.1 Å². The molecule has 1 aromatic rings. The van der Waals surface area contributed by atoms with E-state index in [4.69, 9.17) is 4.43 Å². The van der Waals surface area contributed by atoms with E-state index < -0.39 is 8.32 Å². The zero-order valence-electron chi connectivity index (χ0n) is 11.4. The normalized spacial score (nSPS) is 11.6. The fourth-order valence-corrected chi connectivity index (χ4v) is 6.91. The lowest BCUT2D eigenvalue weighted by atomic mass is 10.2. The van der Waals surface area contributed by atoms with Gasteiger partial charge >= 0.3 is 0 Å². The van der Waals surface area contributed by atoms with Gasteiger partial charge < -0.3 is 4.43 Å². The van der Waals surface area contributed by atoms with E-state index in [2.05, 4.69) is 44.9 Å². The van der Waals surface area contributed by atoms with Crippen LogP contribution in [0, 0.1) is 0 Å². The van der Waals surface area contributed by atoms with Crippen molar-refractivity contribution in [3.05, 3.63) is 42.5 Å². The molecular weight excluding hydrogens is 240 g/mol. The van der Waals surface area contributed by atoms with Crippen LogP contribution in [0.15, 0.2) is 36.9 Å². The molecule has 0 aliphatic heterocycles. The minimum Gasteiger partial charge on any atom is -0.544 e. The fraction of sp³-hybridized carbons (Fsp3) is 0.429. The molecule has 0 heterocycles. The molecule has 0 aliphatic rings. The Morgan fingerprint density at radius 2 is 1.82 bits per heavy atom. The zero-order chi connectivity index (χ0) is 12.9. The van der Waals surface area contributed by atoms with Crippen molar-refractivity contribution in [3.63, 3.8) is 0 Å². The van der Waals surface area contributed by atoms with Gasteiger partial charge in [0.05, 0.1) is 0 Å². The molecule has 0 spiro atoms. The molecular formula is C14H23OSi2. The van der Waals surface area contributed by atoms with Gasteiger partial charge in [-0.1, -0.05) is 56.0 Å². The average molecular weight is 264 g/mol. The molecule has 0 fully saturated rings. The van der Waals surface area contributed by atoms with Crippen LogP contribution in [0.25, 0.3) is 5.76 Å². The molecule has 0 aliphatic carbocycles. The van der Waals surface area contributed by atoms with Crippen LogP contribution < -0.4 is 0 Å². The maximum Gasteiger partial charge on any atom is 0.244 e. The molecule has 1 aromatic carbocycles. The number of hydrogen-bond donors (Lipinski definition) is 0. The van der Waals surface area contributed by atoms with E-state index in [-0.39, 0.29) is 8.80 Å². The molecule has 0 amide bonds. The second-order valence-electron chi connectivity index (χ2n) is 5.36. The summed E-state index contributed by atoms with van der Waals surface area (Å²) in [7, 11) is -1.73. The van der Waals surface area contributed by atoms with Gasteiger partial charge in [-0.3, -0.25) is 0 Å². The molecule has 0 bridgehead atoms. The maximum atomic E-state index is 6.14. The molecule has 0 unspecified atom stereocenters.